The third kappa shape index (κ3) is 9.53. The highest BCUT2D eigenvalue weighted by Gasteiger charge is 2.11. The predicted octanol–water partition coefficient (Wildman–Crippen LogP) is 1.36. The zero-order chi connectivity index (χ0) is 12.9. The Kier molecular flexibility index (Phi) is 12.2. The van der Waals surface area contributed by atoms with Crippen molar-refractivity contribution in [2.75, 3.05) is 53.6 Å². The summed E-state index contributed by atoms with van der Waals surface area (Å²) in [6.07, 6.45) is 2.25. The smallest absolute Gasteiger partial charge is 0.0589 e. The van der Waals surface area contributed by atoms with Crippen molar-refractivity contribution in [1.29, 1.82) is 0 Å². The Bertz CT molecular complexity index is 156. The van der Waals surface area contributed by atoms with Gasteiger partial charge in [-0.1, -0.05) is 13.8 Å². The van der Waals surface area contributed by atoms with E-state index in [4.69, 9.17) is 9.47 Å². The van der Waals surface area contributed by atoms with Gasteiger partial charge in [-0.05, 0) is 19.4 Å². The van der Waals surface area contributed by atoms with Crippen LogP contribution >= 0.6 is 0 Å². The summed E-state index contributed by atoms with van der Waals surface area (Å²) in [5.41, 5.74) is 0. The lowest BCUT2D eigenvalue weighted by Crippen LogP contribution is -2.42. The number of likely N-dealkylation sites (N-methyl/N-ethyl adjacent to an activating group) is 1. The van der Waals surface area contributed by atoms with Gasteiger partial charge in [-0.15, -0.1) is 0 Å². The zero-order valence-corrected chi connectivity index (χ0v) is 12.0. The Morgan fingerprint density at radius 3 is 2.29 bits per heavy atom. The molecular formula is C13H30N2O2. The van der Waals surface area contributed by atoms with Crippen molar-refractivity contribution in [2.45, 2.75) is 32.7 Å². The van der Waals surface area contributed by atoms with Crippen LogP contribution in [0.2, 0.25) is 0 Å². The summed E-state index contributed by atoms with van der Waals surface area (Å²) in [5.74, 6) is 0. The molecule has 0 aromatic heterocycles. The fourth-order valence-corrected chi connectivity index (χ4v) is 1.89. The normalized spacial score (nSPS) is 13.2. The van der Waals surface area contributed by atoms with Gasteiger partial charge in [-0.2, -0.15) is 0 Å². The number of ether oxygens (including phenoxy) is 2. The van der Waals surface area contributed by atoms with Gasteiger partial charge >= 0.3 is 0 Å². The van der Waals surface area contributed by atoms with E-state index in [-0.39, 0.29) is 0 Å². The molecule has 0 amide bonds. The lowest BCUT2D eigenvalue weighted by molar-refractivity contribution is 0.126. The zero-order valence-electron chi connectivity index (χ0n) is 12.0. The summed E-state index contributed by atoms with van der Waals surface area (Å²) in [6.45, 7) is 10.2. The first-order valence-electron chi connectivity index (χ1n) is 6.72. The van der Waals surface area contributed by atoms with Gasteiger partial charge in [0.2, 0.25) is 0 Å². The Morgan fingerprint density at radius 2 is 1.76 bits per heavy atom. The third-order valence-electron chi connectivity index (χ3n) is 2.90. The highest BCUT2D eigenvalue weighted by atomic mass is 16.5. The monoisotopic (exact) mass is 246 g/mol. The van der Waals surface area contributed by atoms with Crippen molar-refractivity contribution in [3.8, 4) is 0 Å². The minimum Gasteiger partial charge on any atom is -0.385 e. The number of methoxy groups -OCH3 is 2. The van der Waals surface area contributed by atoms with Crippen LogP contribution in [-0.4, -0.2) is 64.6 Å². The molecule has 0 radical (unpaired) electrons. The van der Waals surface area contributed by atoms with Crippen molar-refractivity contribution in [3.05, 3.63) is 0 Å². The molecule has 0 saturated carbocycles. The van der Waals surface area contributed by atoms with E-state index in [1.54, 1.807) is 14.2 Å². The molecule has 1 N–H and O–H groups in total. The second kappa shape index (κ2) is 12.3. The van der Waals surface area contributed by atoms with E-state index in [1.807, 2.05) is 0 Å². The van der Waals surface area contributed by atoms with Gasteiger partial charge in [0.1, 0.15) is 0 Å². The molecule has 0 aliphatic carbocycles. The molecule has 0 rings (SSSR count). The summed E-state index contributed by atoms with van der Waals surface area (Å²) in [7, 11) is 3.52. The minimum absolute atomic E-state index is 0.583. The van der Waals surface area contributed by atoms with Crippen molar-refractivity contribution >= 4 is 0 Å². The number of hydrogen-bond acceptors (Lipinski definition) is 4. The third-order valence-corrected chi connectivity index (χ3v) is 2.90. The summed E-state index contributed by atoms with van der Waals surface area (Å²) in [5, 5.41) is 3.52. The van der Waals surface area contributed by atoms with Gasteiger partial charge in [-0.3, -0.25) is 4.90 Å². The average molecular weight is 246 g/mol. The van der Waals surface area contributed by atoms with Crippen LogP contribution in [0.15, 0.2) is 0 Å². The van der Waals surface area contributed by atoms with Gasteiger partial charge in [0.15, 0.2) is 0 Å². The van der Waals surface area contributed by atoms with E-state index >= 15 is 0 Å². The molecule has 17 heavy (non-hydrogen) atoms. The number of nitrogens with zero attached hydrogens (tertiary/aromatic N) is 1. The quantitative estimate of drug-likeness (QED) is 0.527. The lowest BCUT2D eigenvalue weighted by Gasteiger charge is -2.27. The van der Waals surface area contributed by atoms with Gasteiger partial charge in [-0.25, -0.2) is 0 Å². The molecule has 0 heterocycles. The van der Waals surface area contributed by atoms with Crippen LogP contribution in [-0.2, 0) is 9.47 Å². The Labute approximate surface area is 107 Å². The second-order valence-corrected chi connectivity index (χ2v) is 4.30. The van der Waals surface area contributed by atoms with E-state index in [0.717, 1.165) is 45.8 Å². The van der Waals surface area contributed by atoms with Gasteiger partial charge in [0.05, 0.1) is 6.61 Å². The maximum absolute atomic E-state index is 5.16. The maximum Gasteiger partial charge on any atom is 0.0589 e. The molecule has 0 aliphatic rings. The van der Waals surface area contributed by atoms with E-state index in [1.165, 1.54) is 6.42 Å². The standard InChI is InChI=1S/C13H30N2O2/c1-5-13(14-6-2)12-15(9-11-17-4)8-7-10-16-3/h13-14H,5-12H2,1-4H3. The second-order valence-electron chi connectivity index (χ2n) is 4.30. The van der Waals surface area contributed by atoms with E-state index < -0.39 is 0 Å². The van der Waals surface area contributed by atoms with Crippen molar-refractivity contribution in [1.82, 2.24) is 10.2 Å². The fraction of sp³-hybridized carbons (Fsp3) is 1.00. The van der Waals surface area contributed by atoms with Crippen LogP contribution in [0.4, 0.5) is 0 Å². The minimum atomic E-state index is 0.583. The average Bonchev–Trinajstić information content (AvgIpc) is 2.35. The molecule has 4 heteroatoms. The largest absolute Gasteiger partial charge is 0.385 e. The molecular weight excluding hydrogens is 216 g/mol. The Hall–Kier alpha value is -0.160. The summed E-state index contributed by atoms with van der Waals surface area (Å²) in [4.78, 5) is 2.46. The molecule has 0 aromatic rings. The van der Waals surface area contributed by atoms with Crippen molar-refractivity contribution in [3.63, 3.8) is 0 Å². The summed E-state index contributed by atoms with van der Waals surface area (Å²) < 4.78 is 10.3. The summed E-state index contributed by atoms with van der Waals surface area (Å²) >= 11 is 0. The van der Waals surface area contributed by atoms with Crippen LogP contribution in [0.5, 0.6) is 0 Å². The predicted molar refractivity (Wildman–Crippen MR) is 72.6 cm³/mol. The van der Waals surface area contributed by atoms with Crippen LogP contribution < -0.4 is 5.32 Å². The van der Waals surface area contributed by atoms with Crippen molar-refractivity contribution in [2.24, 2.45) is 0 Å². The summed E-state index contributed by atoms with van der Waals surface area (Å²) in [6, 6.07) is 0.583. The van der Waals surface area contributed by atoms with E-state index in [9.17, 15) is 0 Å². The molecule has 0 spiro atoms. The van der Waals surface area contributed by atoms with Crippen LogP contribution in [0.3, 0.4) is 0 Å². The molecule has 0 aromatic carbocycles. The molecule has 1 unspecified atom stereocenters. The van der Waals surface area contributed by atoms with Gasteiger partial charge < -0.3 is 14.8 Å². The number of rotatable bonds is 12. The molecule has 0 saturated heterocycles. The highest BCUT2D eigenvalue weighted by Crippen LogP contribution is 1.99. The molecule has 4 nitrogen and oxygen atoms in total. The van der Waals surface area contributed by atoms with Crippen LogP contribution in [0.25, 0.3) is 0 Å². The van der Waals surface area contributed by atoms with Gasteiger partial charge in [0, 0.05) is 46.5 Å². The molecule has 0 bridgehead atoms. The first kappa shape index (κ1) is 16.8. The van der Waals surface area contributed by atoms with Crippen molar-refractivity contribution < 1.29 is 9.47 Å². The lowest BCUT2D eigenvalue weighted by atomic mass is 10.2. The Morgan fingerprint density at radius 1 is 1.06 bits per heavy atom. The van der Waals surface area contributed by atoms with Gasteiger partial charge in [0.25, 0.3) is 0 Å². The number of hydrogen-bond donors (Lipinski definition) is 1. The van der Waals surface area contributed by atoms with Crippen LogP contribution in [0, 0.1) is 0 Å². The van der Waals surface area contributed by atoms with E-state index in [2.05, 4.69) is 24.1 Å². The SMILES string of the molecule is CCNC(CC)CN(CCCOC)CCOC. The first-order valence-corrected chi connectivity index (χ1v) is 6.72. The van der Waals surface area contributed by atoms with Crippen LogP contribution in [0.1, 0.15) is 26.7 Å². The topological polar surface area (TPSA) is 33.7 Å². The van der Waals surface area contributed by atoms with E-state index in [0.29, 0.717) is 6.04 Å². The fourth-order valence-electron chi connectivity index (χ4n) is 1.89. The molecule has 0 fully saturated rings. The maximum atomic E-state index is 5.16. The highest BCUT2D eigenvalue weighted by molar-refractivity contribution is 4.70. The molecule has 104 valence electrons. The first-order chi connectivity index (χ1) is 8.28. The Balaban J connectivity index is 3.95. The molecule has 0 aliphatic heterocycles. The number of nitrogens with one attached hydrogen (secondary N) is 1. The molecule has 1 atom stereocenters.